The molecule has 43 heavy (non-hydrogen) atoms. The molecule has 0 saturated carbocycles. The highest BCUT2D eigenvalue weighted by molar-refractivity contribution is 6.03. The van der Waals surface area contributed by atoms with Gasteiger partial charge in [-0.15, -0.1) is 0 Å². The lowest BCUT2D eigenvalue weighted by Crippen LogP contribution is -2.39. The van der Waals surface area contributed by atoms with Gasteiger partial charge in [0.2, 0.25) is 0 Å². The van der Waals surface area contributed by atoms with E-state index in [-0.39, 0.29) is 11.6 Å². The molecule has 1 aliphatic rings. The highest BCUT2D eigenvalue weighted by Crippen LogP contribution is 2.29. The zero-order chi connectivity index (χ0) is 32.7. The minimum Gasteiger partial charge on any atom is -0.319 e. The monoisotopic (exact) mass is 585 g/mol. The molecule has 2 aromatic rings. The Labute approximate surface area is 261 Å². The van der Waals surface area contributed by atoms with Crippen molar-refractivity contribution in [2.45, 2.75) is 119 Å². The number of benzene rings is 1. The summed E-state index contributed by atoms with van der Waals surface area (Å²) in [5.41, 5.74) is 14.3. The van der Waals surface area contributed by atoms with Gasteiger partial charge in [0.05, 0.1) is 23.1 Å². The summed E-state index contributed by atoms with van der Waals surface area (Å²) in [6.07, 6.45) is 15.9. The van der Waals surface area contributed by atoms with Gasteiger partial charge in [-0.25, -0.2) is 4.98 Å². The van der Waals surface area contributed by atoms with Crippen molar-refractivity contribution in [3.63, 3.8) is 0 Å². The summed E-state index contributed by atoms with van der Waals surface area (Å²) in [7, 11) is 0. The largest absolute Gasteiger partial charge is 0.319 e. The summed E-state index contributed by atoms with van der Waals surface area (Å²) in [5.74, 6) is 0.922. The predicted octanol–water partition coefficient (Wildman–Crippen LogP) is 9.14. The first-order valence-corrected chi connectivity index (χ1v) is 15.6. The van der Waals surface area contributed by atoms with E-state index in [2.05, 4.69) is 69.4 Å². The Morgan fingerprint density at radius 2 is 1.67 bits per heavy atom. The number of hydrogen-bond acceptors (Lipinski definition) is 5. The number of aromatic nitrogens is 2. The van der Waals surface area contributed by atoms with Gasteiger partial charge in [0, 0.05) is 18.2 Å². The number of hydrogen-bond donors (Lipinski definition) is 1. The van der Waals surface area contributed by atoms with Gasteiger partial charge in [-0.05, 0) is 108 Å². The second-order valence-corrected chi connectivity index (χ2v) is 12.1. The summed E-state index contributed by atoms with van der Waals surface area (Å²) in [6.45, 7) is 23.7. The first kappa shape index (κ1) is 37.6. The fraction of sp³-hybridized carbons (Fsp3) is 0.474. The summed E-state index contributed by atoms with van der Waals surface area (Å²) < 4.78 is 0. The lowest BCUT2D eigenvalue weighted by molar-refractivity contribution is -0.121. The molecule has 0 amide bonds. The maximum absolute atomic E-state index is 12.0. The van der Waals surface area contributed by atoms with E-state index in [0.717, 1.165) is 46.0 Å². The van der Waals surface area contributed by atoms with E-state index >= 15 is 0 Å². The lowest BCUT2D eigenvalue weighted by Gasteiger charge is -2.18. The first-order valence-electron chi connectivity index (χ1n) is 15.6. The molecule has 0 bridgehead atoms. The van der Waals surface area contributed by atoms with Gasteiger partial charge < -0.3 is 5.73 Å². The molecule has 2 N–H and O–H groups in total. The topological polar surface area (TPSA) is 85.9 Å². The SMILES string of the molecule is C=C(C)C1=C(/C=C(\C)c2cncc(CC)n2)C=CCC1=O.CC(=O)C(C)(C)N.CCCC(CCC)c1ccc(C)cc1C. The fourth-order valence-electron chi connectivity index (χ4n) is 4.75. The third kappa shape index (κ3) is 12.8. The van der Waals surface area contributed by atoms with Crippen LogP contribution in [0.2, 0.25) is 0 Å². The van der Waals surface area contributed by atoms with Crippen molar-refractivity contribution in [2.75, 3.05) is 0 Å². The van der Waals surface area contributed by atoms with Crippen molar-refractivity contribution < 1.29 is 9.59 Å². The van der Waals surface area contributed by atoms with Gasteiger partial charge in [-0.1, -0.05) is 76.1 Å². The molecule has 3 rings (SSSR count). The smallest absolute Gasteiger partial charge is 0.167 e. The van der Waals surface area contributed by atoms with Crippen LogP contribution in [-0.2, 0) is 16.0 Å². The summed E-state index contributed by atoms with van der Waals surface area (Å²) in [4.78, 5) is 31.2. The van der Waals surface area contributed by atoms with Gasteiger partial charge in [0.25, 0.3) is 0 Å². The number of carbonyl (C=O) groups is 2. The van der Waals surface area contributed by atoms with Crippen molar-refractivity contribution in [3.05, 3.63) is 100 Å². The molecule has 0 saturated heterocycles. The van der Waals surface area contributed by atoms with Crippen LogP contribution in [0.5, 0.6) is 0 Å². The number of ketones is 2. The molecule has 0 aliphatic heterocycles. The Kier molecular flexibility index (Phi) is 16.0. The predicted molar refractivity (Wildman–Crippen MR) is 183 cm³/mol. The summed E-state index contributed by atoms with van der Waals surface area (Å²) >= 11 is 0. The maximum atomic E-state index is 12.0. The van der Waals surface area contributed by atoms with Gasteiger partial charge in [0.1, 0.15) is 5.78 Å². The van der Waals surface area contributed by atoms with Crippen LogP contribution in [0.25, 0.3) is 5.57 Å². The molecule has 0 fully saturated rings. The fourth-order valence-corrected chi connectivity index (χ4v) is 4.75. The van der Waals surface area contributed by atoms with E-state index in [1.54, 1.807) is 31.8 Å². The number of nitrogens with two attached hydrogens (primary N) is 1. The van der Waals surface area contributed by atoms with Crippen molar-refractivity contribution in [2.24, 2.45) is 5.73 Å². The van der Waals surface area contributed by atoms with Gasteiger partial charge in [0.15, 0.2) is 5.78 Å². The zero-order valence-electron chi connectivity index (χ0n) is 28.4. The highest BCUT2D eigenvalue weighted by atomic mass is 16.1. The lowest BCUT2D eigenvalue weighted by atomic mass is 9.87. The van der Waals surface area contributed by atoms with Crippen LogP contribution in [0, 0.1) is 13.8 Å². The number of carbonyl (C=O) groups excluding carboxylic acids is 2. The van der Waals surface area contributed by atoms with Crippen molar-refractivity contribution in [3.8, 4) is 0 Å². The number of nitrogens with zero attached hydrogens (tertiary/aromatic N) is 2. The zero-order valence-corrected chi connectivity index (χ0v) is 28.4. The first-order chi connectivity index (χ1) is 20.2. The summed E-state index contributed by atoms with van der Waals surface area (Å²) in [5, 5.41) is 0. The molecule has 1 heterocycles. The molecule has 1 aromatic carbocycles. The Bertz CT molecular complexity index is 1330. The Balaban J connectivity index is 0.000000366. The molecule has 5 heteroatoms. The summed E-state index contributed by atoms with van der Waals surface area (Å²) in [6, 6.07) is 6.90. The minimum atomic E-state index is -0.639. The molecule has 0 unspecified atom stereocenters. The Morgan fingerprint density at radius 3 is 2.16 bits per heavy atom. The van der Waals surface area contributed by atoms with E-state index in [4.69, 9.17) is 5.73 Å². The third-order valence-corrected chi connectivity index (χ3v) is 7.46. The number of allylic oxidation sites excluding steroid dienone is 7. The van der Waals surface area contributed by atoms with Crippen LogP contribution in [0.15, 0.2) is 72.1 Å². The molecule has 1 aliphatic carbocycles. The Morgan fingerprint density at radius 1 is 1.07 bits per heavy atom. The van der Waals surface area contributed by atoms with E-state index in [0.29, 0.717) is 6.42 Å². The van der Waals surface area contributed by atoms with Gasteiger partial charge >= 0.3 is 0 Å². The minimum absolute atomic E-state index is 0.0208. The average molecular weight is 586 g/mol. The number of rotatable bonds is 10. The molecule has 5 nitrogen and oxygen atoms in total. The highest BCUT2D eigenvalue weighted by Gasteiger charge is 2.17. The van der Waals surface area contributed by atoms with Crippen molar-refractivity contribution in [1.82, 2.24) is 9.97 Å². The Hall–Kier alpha value is -3.44. The third-order valence-electron chi connectivity index (χ3n) is 7.46. The molecular formula is C38H55N3O2. The normalized spacial score (nSPS) is 13.3. The number of Topliss-reactive ketones (excluding diaryl/α,β-unsaturated/α-hetero) is 2. The van der Waals surface area contributed by atoms with Crippen LogP contribution >= 0.6 is 0 Å². The maximum Gasteiger partial charge on any atom is 0.167 e. The second-order valence-electron chi connectivity index (χ2n) is 12.1. The molecule has 0 spiro atoms. The van der Waals surface area contributed by atoms with E-state index in [1.165, 1.54) is 43.7 Å². The van der Waals surface area contributed by atoms with Gasteiger partial charge in [-0.2, -0.15) is 0 Å². The van der Waals surface area contributed by atoms with Crippen LogP contribution in [0.1, 0.15) is 121 Å². The quantitative estimate of drug-likeness (QED) is 0.300. The molecule has 1 aromatic heterocycles. The van der Waals surface area contributed by atoms with Crippen LogP contribution in [-0.4, -0.2) is 27.1 Å². The van der Waals surface area contributed by atoms with Crippen molar-refractivity contribution in [1.29, 1.82) is 0 Å². The number of aryl methyl sites for hydroxylation is 3. The van der Waals surface area contributed by atoms with E-state index < -0.39 is 5.54 Å². The van der Waals surface area contributed by atoms with Crippen LogP contribution < -0.4 is 5.73 Å². The second kappa shape index (κ2) is 18.3. The molecule has 234 valence electrons. The van der Waals surface area contributed by atoms with Crippen LogP contribution in [0.3, 0.4) is 0 Å². The molecular weight excluding hydrogens is 530 g/mol. The van der Waals surface area contributed by atoms with E-state index in [9.17, 15) is 9.59 Å². The average Bonchev–Trinajstić information content (AvgIpc) is 2.93. The molecule has 0 radical (unpaired) electrons. The van der Waals surface area contributed by atoms with E-state index in [1.807, 2.05) is 32.1 Å². The van der Waals surface area contributed by atoms with Crippen LogP contribution in [0.4, 0.5) is 0 Å². The van der Waals surface area contributed by atoms with Gasteiger partial charge in [-0.3, -0.25) is 14.6 Å². The molecule has 0 atom stereocenters. The standard InChI is InChI=1S/C18H20N2O.C15H24.C5H11NO/c1-5-15-10-19-11-16(20-15)13(4)9-14-7-6-8-17(21)18(14)12(2)3;1-5-7-14(8-6-2)15-10-9-12(3)11-13(15)4;1-4(7)5(2,3)6/h6-7,9-11H,2,5,8H2,1,3-4H3;9-11,14H,5-8H2,1-4H3;6H2,1-3H3/b13-9+;;. The van der Waals surface area contributed by atoms with Crippen molar-refractivity contribution >= 4 is 17.1 Å².